The molecule has 2 atom stereocenters. The molecule has 2 heterocycles. The summed E-state index contributed by atoms with van der Waals surface area (Å²) < 4.78 is 0. The van der Waals surface area contributed by atoms with E-state index in [0.717, 1.165) is 38.2 Å². The summed E-state index contributed by atoms with van der Waals surface area (Å²) in [6.07, 6.45) is 3.61. The number of carbonyl (C=O) groups excluding carboxylic acids is 2. The molecule has 0 aromatic heterocycles. The van der Waals surface area contributed by atoms with Crippen LogP contribution in [0.25, 0.3) is 0 Å². The van der Waals surface area contributed by atoms with E-state index in [0.29, 0.717) is 18.2 Å². The van der Waals surface area contributed by atoms with Gasteiger partial charge in [-0.1, -0.05) is 6.92 Å². The first-order valence-electron chi connectivity index (χ1n) is 7.58. The largest absolute Gasteiger partial charge is 0.354 e. The Bertz CT molecular complexity index is 351. The van der Waals surface area contributed by atoms with Crippen molar-refractivity contribution < 1.29 is 9.59 Å². The average Bonchev–Trinajstić information content (AvgIpc) is 3.10. The van der Waals surface area contributed by atoms with E-state index in [1.165, 1.54) is 6.42 Å². The van der Waals surface area contributed by atoms with Gasteiger partial charge < -0.3 is 15.5 Å². The van der Waals surface area contributed by atoms with E-state index in [1.807, 2.05) is 6.92 Å². The summed E-state index contributed by atoms with van der Waals surface area (Å²) in [4.78, 5) is 25.9. The molecule has 122 valence electrons. The summed E-state index contributed by atoms with van der Waals surface area (Å²) in [7, 11) is 0. The Balaban J connectivity index is 0.00000220. The van der Waals surface area contributed by atoms with Gasteiger partial charge >= 0.3 is 0 Å². The first-order chi connectivity index (χ1) is 9.72. The molecule has 0 aromatic carbocycles. The molecule has 7 heteroatoms. The van der Waals surface area contributed by atoms with Gasteiger partial charge in [-0.3, -0.25) is 9.59 Å². The number of amides is 2. The van der Waals surface area contributed by atoms with Crippen molar-refractivity contribution in [2.45, 2.75) is 38.6 Å². The van der Waals surface area contributed by atoms with Crippen LogP contribution in [0.2, 0.25) is 0 Å². The standard InChI is InChI=1S/C14H25N3O2S.ClH/c1-2-3-13(18)17-10-20-9-12(17)14(19)16-7-5-11-4-6-15-8-11;/h11-12,15H,2-10H2,1H3,(H,16,19);1H. The predicted octanol–water partition coefficient (Wildman–Crippen LogP) is 1.23. The molecule has 0 aliphatic carbocycles. The summed E-state index contributed by atoms with van der Waals surface area (Å²) in [6, 6.07) is -0.263. The van der Waals surface area contributed by atoms with Gasteiger partial charge in [0, 0.05) is 18.7 Å². The zero-order valence-electron chi connectivity index (χ0n) is 12.6. The molecule has 0 spiro atoms. The summed E-state index contributed by atoms with van der Waals surface area (Å²) >= 11 is 1.67. The first-order valence-corrected chi connectivity index (χ1v) is 8.73. The van der Waals surface area contributed by atoms with Crippen molar-refractivity contribution in [3.63, 3.8) is 0 Å². The van der Waals surface area contributed by atoms with E-state index in [2.05, 4.69) is 10.6 Å². The highest BCUT2D eigenvalue weighted by Gasteiger charge is 2.33. The minimum atomic E-state index is -0.263. The lowest BCUT2D eigenvalue weighted by Crippen LogP contribution is -2.47. The zero-order chi connectivity index (χ0) is 14.4. The van der Waals surface area contributed by atoms with E-state index in [-0.39, 0.29) is 30.3 Å². The number of nitrogens with zero attached hydrogens (tertiary/aromatic N) is 1. The van der Waals surface area contributed by atoms with Crippen molar-refractivity contribution >= 4 is 36.0 Å². The maximum atomic E-state index is 12.2. The fourth-order valence-corrected chi connectivity index (χ4v) is 3.92. The maximum Gasteiger partial charge on any atom is 0.243 e. The highest BCUT2D eigenvalue weighted by Crippen LogP contribution is 2.22. The molecule has 2 aliphatic rings. The Labute approximate surface area is 137 Å². The smallest absolute Gasteiger partial charge is 0.243 e. The van der Waals surface area contributed by atoms with Gasteiger partial charge in [-0.15, -0.1) is 24.2 Å². The van der Waals surface area contributed by atoms with Crippen LogP contribution in [-0.4, -0.2) is 54.0 Å². The van der Waals surface area contributed by atoms with E-state index in [4.69, 9.17) is 0 Å². The van der Waals surface area contributed by atoms with Crippen molar-refractivity contribution in [1.29, 1.82) is 0 Å². The Morgan fingerprint density at radius 1 is 1.43 bits per heavy atom. The fourth-order valence-electron chi connectivity index (χ4n) is 2.74. The van der Waals surface area contributed by atoms with Crippen LogP contribution in [0.4, 0.5) is 0 Å². The molecule has 0 saturated carbocycles. The quantitative estimate of drug-likeness (QED) is 0.766. The third-order valence-corrected chi connectivity index (χ3v) is 5.00. The van der Waals surface area contributed by atoms with E-state index in [9.17, 15) is 9.59 Å². The molecule has 21 heavy (non-hydrogen) atoms. The number of thioether (sulfide) groups is 1. The van der Waals surface area contributed by atoms with E-state index < -0.39 is 0 Å². The zero-order valence-corrected chi connectivity index (χ0v) is 14.2. The molecule has 5 nitrogen and oxygen atoms in total. The molecule has 0 bridgehead atoms. The molecule has 2 aliphatic heterocycles. The molecular formula is C14H26ClN3O2S. The normalized spacial score (nSPS) is 24.7. The highest BCUT2D eigenvalue weighted by atomic mass is 35.5. The maximum absolute atomic E-state index is 12.2. The van der Waals surface area contributed by atoms with E-state index in [1.54, 1.807) is 16.7 Å². The summed E-state index contributed by atoms with van der Waals surface area (Å²) in [5, 5.41) is 6.34. The van der Waals surface area contributed by atoms with Crippen LogP contribution in [0, 0.1) is 5.92 Å². The molecular weight excluding hydrogens is 310 g/mol. The van der Waals surface area contributed by atoms with Crippen molar-refractivity contribution in [2.75, 3.05) is 31.3 Å². The third-order valence-electron chi connectivity index (χ3n) is 3.98. The lowest BCUT2D eigenvalue weighted by Gasteiger charge is -2.23. The predicted molar refractivity (Wildman–Crippen MR) is 88.7 cm³/mol. The molecule has 2 N–H and O–H groups in total. The molecule has 2 rings (SSSR count). The van der Waals surface area contributed by atoms with Crippen molar-refractivity contribution in [1.82, 2.24) is 15.5 Å². The lowest BCUT2D eigenvalue weighted by molar-refractivity contribution is -0.138. The SMILES string of the molecule is CCCC(=O)N1CSCC1C(=O)NCCC1CCNC1.Cl. The average molecular weight is 336 g/mol. The summed E-state index contributed by atoms with van der Waals surface area (Å²) in [6.45, 7) is 4.88. The van der Waals surface area contributed by atoms with Crippen LogP contribution in [-0.2, 0) is 9.59 Å². The van der Waals surface area contributed by atoms with Crippen molar-refractivity contribution in [3.8, 4) is 0 Å². The van der Waals surface area contributed by atoms with Crippen LogP contribution >= 0.6 is 24.2 Å². The number of rotatable bonds is 6. The monoisotopic (exact) mass is 335 g/mol. The van der Waals surface area contributed by atoms with Gasteiger partial charge in [0.2, 0.25) is 11.8 Å². The second kappa shape index (κ2) is 9.54. The molecule has 2 saturated heterocycles. The molecule has 2 fully saturated rings. The van der Waals surface area contributed by atoms with Crippen LogP contribution in [0.15, 0.2) is 0 Å². The number of carbonyl (C=O) groups is 2. The van der Waals surface area contributed by atoms with Gasteiger partial charge in [0.1, 0.15) is 6.04 Å². The minimum absolute atomic E-state index is 0. The summed E-state index contributed by atoms with van der Waals surface area (Å²) in [5.41, 5.74) is 0. The summed E-state index contributed by atoms with van der Waals surface area (Å²) in [5.74, 6) is 2.20. The number of halogens is 1. The fraction of sp³-hybridized carbons (Fsp3) is 0.857. The Morgan fingerprint density at radius 2 is 2.24 bits per heavy atom. The van der Waals surface area contributed by atoms with Gasteiger partial charge in [0.05, 0.1) is 5.88 Å². The Kier molecular flexibility index (Phi) is 8.44. The molecule has 0 radical (unpaired) electrons. The molecule has 2 amide bonds. The Hall–Kier alpha value is -0.460. The van der Waals surface area contributed by atoms with Crippen LogP contribution < -0.4 is 10.6 Å². The second-order valence-corrected chi connectivity index (χ2v) is 6.57. The van der Waals surface area contributed by atoms with Crippen LogP contribution in [0.1, 0.15) is 32.6 Å². The minimum Gasteiger partial charge on any atom is -0.354 e. The van der Waals surface area contributed by atoms with Gasteiger partial charge in [0.25, 0.3) is 0 Å². The first kappa shape index (κ1) is 18.6. The second-order valence-electron chi connectivity index (χ2n) is 5.57. The van der Waals surface area contributed by atoms with Crippen molar-refractivity contribution in [2.24, 2.45) is 5.92 Å². The number of hydrogen-bond acceptors (Lipinski definition) is 4. The topological polar surface area (TPSA) is 61.4 Å². The highest BCUT2D eigenvalue weighted by molar-refractivity contribution is 7.99. The number of nitrogens with one attached hydrogen (secondary N) is 2. The van der Waals surface area contributed by atoms with Gasteiger partial charge in [0.15, 0.2) is 0 Å². The van der Waals surface area contributed by atoms with Crippen molar-refractivity contribution in [3.05, 3.63) is 0 Å². The van der Waals surface area contributed by atoms with Crippen LogP contribution in [0.3, 0.4) is 0 Å². The van der Waals surface area contributed by atoms with E-state index >= 15 is 0 Å². The van der Waals surface area contributed by atoms with Gasteiger partial charge in [-0.2, -0.15) is 0 Å². The Morgan fingerprint density at radius 3 is 2.90 bits per heavy atom. The lowest BCUT2D eigenvalue weighted by atomic mass is 10.1. The van der Waals surface area contributed by atoms with Crippen LogP contribution in [0.5, 0.6) is 0 Å². The van der Waals surface area contributed by atoms with Gasteiger partial charge in [-0.25, -0.2) is 0 Å². The van der Waals surface area contributed by atoms with Gasteiger partial charge in [-0.05, 0) is 38.3 Å². The number of hydrogen-bond donors (Lipinski definition) is 2. The third kappa shape index (κ3) is 5.34. The molecule has 0 aromatic rings. The molecule has 2 unspecified atom stereocenters.